The summed E-state index contributed by atoms with van der Waals surface area (Å²) in [7, 11) is 3.05. The first-order chi connectivity index (χ1) is 10.3. The van der Waals surface area contributed by atoms with Gasteiger partial charge in [0.1, 0.15) is 11.8 Å². The van der Waals surface area contributed by atoms with Crippen molar-refractivity contribution >= 4 is 11.6 Å². The molecular weight excluding hydrogens is 288 g/mol. The molecular formula is C14H16N4O4. The summed E-state index contributed by atoms with van der Waals surface area (Å²) in [6.45, 7) is 3.29. The monoisotopic (exact) mass is 304 g/mol. The summed E-state index contributed by atoms with van der Waals surface area (Å²) in [6, 6.07) is 0. The van der Waals surface area contributed by atoms with Gasteiger partial charge in [-0.3, -0.25) is 38.7 Å². The van der Waals surface area contributed by atoms with Crippen LogP contribution < -0.4 is 11.1 Å². The molecule has 0 spiro atoms. The molecule has 0 bridgehead atoms. The Morgan fingerprint density at radius 2 is 1.05 bits per heavy atom. The molecule has 8 heteroatoms. The third-order valence-electron chi connectivity index (χ3n) is 4.26. The zero-order valence-electron chi connectivity index (χ0n) is 12.7. The van der Waals surface area contributed by atoms with Crippen molar-refractivity contribution in [2.24, 2.45) is 14.1 Å². The lowest BCUT2D eigenvalue weighted by atomic mass is 9.66. The molecule has 0 atom stereocenters. The van der Waals surface area contributed by atoms with Gasteiger partial charge in [-0.2, -0.15) is 0 Å². The van der Waals surface area contributed by atoms with Gasteiger partial charge in [0, 0.05) is 25.5 Å². The lowest BCUT2D eigenvalue weighted by Crippen LogP contribution is -2.48. The number of aryl methyl sites for hydroxylation is 4. The van der Waals surface area contributed by atoms with Crippen molar-refractivity contribution < 1.29 is 9.59 Å². The Labute approximate surface area is 124 Å². The molecule has 2 heterocycles. The Bertz CT molecular complexity index is 836. The zero-order chi connectivity index (χ0) is 16.3. The van der Waals surface area contributed by atoms with Crippen molar-refractivity contribution in [3.63, 3.8) is 0 Å². The zero-order valence-corrected chi connectivity index (χ0v) is 12.7. The first kappa shape index (κ1) is 14.3. The highest BCUT2D eigenvalue weighted by Crippen LogP contribution is 2.40. The van der Waals surface area contributed by atoms with E-state index in [1.807, 2.05) is 0 Å². The van der Waals surface area contributed by atoms with E-state index < -0.39 is 23.4 Å². The summed E-state index contributed by atoms with van der Waals surface area (Å²) < 4.78 is 2.47. The van der Waals surface area contributed by atoms with E-state index in [0.29, 0.717) is 11.4 Å². The molecule has 1 aliphatic carbocycles. The molecule has 0 saturated heterocycles. The number of aromatic amines is 2. The summed E-state index contributed by atoms with van der Waals surface area (Å²) in [6.07, 6.45) is 0. The van der Waals surface area contributed by atoms with Crippen LogP contribution in [0.2, 0.25) is 0 Å². The number of carbonyl (C=O) groups is 2. The normalized spacial score (nSPS) is 21.3. The molecule has 1 saturated carbocycles. The molecule has 1 aliphatic rings. The molecule has 0 aliphatic heterocycles. The van der Waals surface area contributed by atoms with Crippen LogP contribution in [0.1, 0.15) is 34.4 Å². The number of nitrogens with one attached hydrogen (secondary N) is 2. The predicted octanol–water partition coefficient (Wildman–Crippen LogP) is -0.624. The van der Waals surface area contributed by atoms with Crippen LogP contribution in [0.5, 0.6) is 0 Å². The summed E-state index contributed by atoms with van der Waals surface area (Å²) >= 11 is 0. The number of aromatic nitrogens is 4. The molecule has 0 unspecified atom stereocenters. The van der Waals surface area contributed by atoms with Crippen LogP contribution in [0, 0.1) is 13.8 Å². The fourth-order valence-electron chi connectivity index (χ4n) is 3.17. The van der Waals surface area contributed by atoms with E-state index >= 15 is 0 Å². The Morgan fingerprint density at radius 3 is 1.27 bits per heavy atom. The average Bonchev–Trinajstić information content (AvgIpc) is 2.83. The number of carbonyl (C=O) groups excluding carboxylic acids is 2. The molecule has 1 fully saturated rings. The molecule has 22 heavy (non-hydrogen) atoms. The van der Waals surface area contributed by atoms with Crippen LogP contribution >= 0.6 is 0 Å². The maximum atomic E-state index is 12.5. The Morgan fingerprint density at radius 1 is 0.727 bits per heavy atom. The Balaban J connectivity index is 2.06. The Kier molecular flexibility index (Phi) is 2.88. The number of rotatable bonds is 2. The van der Waals surface area contributed by atoms with Gasteiger partial charge in [-0.15, -0.1) is 0 Å². The highest BCUT2D eigenvalue weighted by molar-refractivity contribution is 6.31. The van der Waals surface area contributed by atoms with E-state index in [4.69, 9.17) is 0 Å². The van der Waals surface area contributed by atoms with E-state index in [1.54, 1.807) is 13.8 Å². The Hall–Kier alpha value is -2.64. The van der Waals surface area contributed by atoms with Crippen LogP contribution in [0.4, 0.5) is 0 Å². The quantitative estimate of drug-likeness (QED) is 0.720. The van der Waals surface area contributed by atoms with Gasteiger partial charge >= 0.3 is 0 Å². The van der Waals surface area contributed by atoms with E-state index in [9.17, 15) is 19.2 Å². The van der Waals surface area contributed by atoms with Gasteiger partial charge in [-0.1, -0.05) is 0 Å². The third-order valence-corrected chi connectivity index (χ3v) is 4.26. The predicted molar refractivity (Wildman–Crippen MR) is 77.0 cm³/mol. The number of Topliss-reactive ketones (excluding diaryl/α,β-unsaturated/α-hetero) is 2. The standard InChI is InChI=1S/C14H16N4O4/c1-5-7(13(21)17(3)15-5)9-11(19)10(12(9)20)8-6(2)16-18(4)14(8)22/h9-10,15-16H,1-4H3. The van der Waals surface area contributed by atoms with Crippen molar-refractivity contribution in [2.75, 3.05) is 0 Å². The van der Waals surface area contributed by atoms with Gasteiger partial charge < -0.3 is 0 Å². The van der Waals surface area contributed by atoms with Gasteiger partial charge in [-0.05, 0) is 13.8 Å². The van der Waals surface area contributed by atoms with E-state index in [1.165, 1.54) is 23.5 Å². The van der Waals surface area contributed by atoms with Crippen LogP contribution in [-0.4, -0.2) is 31.1 Å². The highest BCUT2D eigenvalue weighted by atomic mass is 16.2. The number of ketones is 2. The highest BCUT2D eigenvalue weighted by Gasteiger charge is 2.54. The minimum Gasteiger partial charge on any atom is -0.300 e. The number of nitrogens with zero attached hydrogens (tertiary/aromatic N) is 2. The van der Waals surface area contributed by atoms with Crippen molar-refractivity contribution in [1.82, 2.24) is 19.6 Å². The average molecular weight is 304 g/mol. The molecule has 0 amide bonds. The summed E-state index contributed by atoms with van der Waals surface area (Å²) in [5.74, 6) is -2.95. The van der Waals surface area contributed by atoms with Crippen molar-refractivity contribution in [2.45, 2.75) is 25.7 Å². The first-order valence-electron chi connectivity index (χ1n) is 6.84. The molecule has 116 valence electrons. The molecule has 2 aromatic heterocycles. The fourth-order valence-corrected chi connectivity index (χ4v) is 3.17. The molecule has 3 rings (SSSR count). The summed E-state index contributed by atoms with van der Waals surface area (Å²) in [5.41, 5.74) is 0.577. The van der Waals surface area contributed by atoms with Crippen LogP contribution in [-0.2, 0) is 23.7 Å². The van der Waals surface area contributed by atoms with Crippen molar-refractivity contribution in [3.05, 3.63) is 43.2 Å². The van der Waals surface area contributed by atoms with Crippen molar-refractivity contribution in [1.29, 1.82) is 0 Å². The van der Waals surface area contributed by atoms with Gasteiger partial charge in [0.25, 0.3) is 11.1 Å². The van der Waals surface area contributed by atoms with Gasteiger partial charge in [0.15, 0.2) is 11.6 Å². The van der Waals surface area contributed by atoms with Crippen molar-refractivity contribution in [3.8, 4) is 0 Å². The SMILES string of the molecule is Cc1[nH]n(C)c(=O)c1C1C(=O)C(c2c(C)[nH]n(C)c2=O)C1=O. The topological polar surface area (TPSA) is 110 Å². The largest absolute Gasteiger partial charge is 0.300 e. The van der Waals surface area contributed by atoms with Crippen LogP contribution in [0.25, 0.3) is 0 Å². The molecule has 2 N–H and O–H groups in total. The minimum absolute atomic E-state index is 0.179. The van der Waals surface area contributed by atoms with Crippen LogP contribution in [0.15, 0.2) is 9.59 Å². The fraction of sp³-hybridized carbons (Fsp3) is 0.429. The maximum absolute atomic E-state index is 12.5. The van der Waals surface area contributed by atoms with Gasteiger partial charge in [0.05, 0.1) is 11.1 Å². The first-order valence-corrected chi connectivity index (χ1v) is 6.84. The molecule has 2 aromatic rings. The third kappa shape index (κ3) is 1.63. The van der Waals surface area contributed by atoms with Gasteiger partial charge in [0.2, 0.25) is 0 Å². The lowest BCUT2D eigenvalue weighted by Gasteiger charge is -2.30. The summed E-state index contributed by atoms with van der Waals surface area (Å²) in [4.78, 5) is 49.0. The second-order valence-corrected chi connectivity index (χ2v) is 5.70. The van der Waals surface area contributed by atoms with E-state index in [2.05, 4.69) is 10.2 Å². The number of hydrogen-bond donors (Lipinski definition) is 2. The smallest absolute Gasteiger partial charge is 0.270 e. The van der Waals surface area contributed by atoms with E-state index in [-0.39, 0.29) is 22.2 Å². The maximum Gasteiger partial charge on any atom is 0.270 e. The second kappa shape index (κ2) is 4.43. The summed E-state index contributed by atoms with van der Waals surface area (Å²) in [5, 5.41) is 5.55. The molecule has 0 radical (unpaired) electrons. The molecule has 0 aromatic carbocycles. The second-order valence-electron chi connectivity index (χ2n) is 5.70. The van der Waals surface area contributed by atoms with Gasteiger partial charge in [-0.25, -0.2) is 0 Å². The van der Waals surface area contributed by atoms with E-state index in [0.717, 1.165) is 0 Å². The number of H-pyrrole nitrogens is 2. The molecule has 8 nitrogen and oxygen atoms in total. The lowest BCUT2D eigenvalue weighted by molar-refractivity contribution is -0.142. The van der Waals surface area contributed by atoms with Crippen LogP contribution in [0.3, 0.4) is 0 Å². The number of hydrogen-bond acceptors (Lipinski definition) is 4. The minimum atomic E-state index is -1.08.